The number of amides is 1. The monoisotopic (exact) mass is 363 g/mol. The predicted molar refractivity (Wildman–Crippen MR) is 89.0 cm³/mol. The molecule has 0 saturated carbocycles. The molecule has 0 aliphatic heterocycles. The quantitative estimate of drug-likeness (QED) is 0.845. The number of halogens is 1. The van der Waals surface area contributed by atoms with Gasteiger partial charge in [0.2, 0.25) is 0 Å². The Bertz CT molecular complexity index is 617. The van der Waals surface area contributed by atoms with Gasteiger partial charge in [0.25, 0.3) is 0 Å². The van der Waals surface area contributed by atoms with E-state index in [9.17, 15) is 4.79 Å². The molecule has 0 aliphatic rings. The summed E-state index contributed by atoms with van der Waals surface area (Å²) in [5, 5.41) is 2.74. The van der Waals surface area contributed by atoms with E-state index in [1.165, 1.54) is 0 Å². The van der Waals surface area contributed by atoms with Crippen LogP contribution in [0.3, 0.4) is 0 Å². The standard InChI is InChI=1S/C17H18BrNO3/c1-21-16-11-13(7-8-15(16)18)9-10-19-17(20)22-12-14-5-3-2-4-6-14/h2-8,11H,9-10,12H2,1H3,(H,19,20). The first-order valence-corrected chi connectivity index (χ1v) is 7.75. The minimum absolute atomic E-state index is 0.277. The highest BCUT2D eigenvalue weighted by atomic mass is 79.9. The first kappa shape index (κ1) is 16.4. The number of carbonyl (C=O) groups is 1. The van der Waals surface area contributed by atoms with Crippen molar-refractivity contribution >= 4 is 22.0 Å². The number of hydrogen-bond donors (Lipinski definition) is 1. The zero-order valence-electron chi connectivity index (χ0n) is 12.3. The molecule has 0 fully saturated rings. The maximum atomic E-state index is 11.6. The molecule has 22 heavy (non-hydrogen) atoms. The highest BCUT2D eigenvalue weighted by Gasteiger charge is 2.04. The van der Waals surface area contributed by atoms with Crippen LogP contribution in [0.2, 0.25) is 0 Å². The minimum Gasteiger partial charge on any atom is -0.496 e. The first-order chi connectivity index (χ1) is 10.7. The molecule has 4 nitrogen and oxygen atoms in total. The Morgan fingerprint density at radius 1 is 1.14 bits per heavy atom. The summed E-state index contributed by atoms with van der Waals surface area (Å²) in [5.74, 6) is 0.782. The lowest BCUT2D eigenvalue weighted by Gasteiger charge is -2.09. The van der Waals surface area contributed by atoms with Gasteiger partial charge in [0.15, 0.2) is 0 Å². The van der Waals surface area contributed by atoms with E-state index in [-0.39, 0.29) is 6.61 Å². The van der Waals surface area contributed by atoms with Crippen molar-refractivity contribution in [3.05, 3.63) is 64.1 Å². The Labute approximate surface area is 138 Å². The molecule has 0 radical (unpaired) electrons. The summed E-state index contributed by atoms with van der Waals surface area (Å²) >= 11 is 3.41. The molecular weight excluding hydrogens is 346 g/mol. The van der Waals surface area contributed by atoms with E-state index in [1.807, 2.05) is 48.5 Å². The Morgan fingerprint density at radius 3 is 2.64 bits per heavy atom. The van der Waals surface area contributed by atoms with Gasteiger partial charge in [-0.3, -0.25) is 0 Å². The summed E-state index contributed by atoms with van der Waals surface area (Å²) in [6.45, 7) is 0.789. The Hall–Kier alpha value is -2.01. The molecule has 0 aliphatic carbocycles. The van der Waals surface area contributed by atoms with Gasteiger partial charge in [-0.2, -0.15) is 0 Å². The number of carbonyl (C=O) groups excluding carboxylic acids is 1. The van der Waals surface area contributed by atoms with Crippen molar-refractivity contribution in [3.63, 3.8) is 0 Å². The molecular formula is C17H18BrNO3. The van der Waals surface area contributed by atoms with Crippen LogP contribution in [0.4, 0.5) is 4.79 Å². The lowest BCUT2D eigenvalue weighted by atomic mass is 10.1. The molecule has 0 heterocycles. The molecule has 2 rings (SSSR count). The number of ether oxygens (including phenoxy) is 2. The third-order valence-electron chi connectivity index (χ3n) is 3.11. The minimum atomic E-state index is -0.409. The molecule has 2 aromatic carbocycles. The molecule has 5 heteroatoms. The maximum Gasteiger partial charge on any atom is 0.407 e. The van der Waals surface area contributed by atoms with Gasteiger partial charge in [0.05, 0.1) is 11.6 Å². The van der Waals surface area contributed by atoms with Crippen molar-refractivity contribution in [2.24, 2.45) is 0 Å². The SMILES string of the molecule is COc1cc(CCNC(=O)OCc2ccccc2)ccc1Br. The van der Waals surface area contributed by atoms with Gasteiger partial charge >= 0.3 is 6.09 Å². The van der Waals surface area contributed by atoms with Crippen molar-refractivity contribution < 1.29 is 14.3 Å². The molecule has 0 saturated heterocycles. The number of hydrogen-bond acceptors (Lipinski definition) is 3. The van der Waals surface area contributed by atoms with Gasteiger partial charge in [-0.1, -0.05) is 36.4 Å². The molecule has 0 aromatic heterocycles. The van der Waals surface area contributed by atoms with Crippen LogP contribution in [0.5, 0.6) is 5.75 Å². The van der Waals surface area contributed by atoms with Crippen LogP contribution in [-0.2, 0) is 17.8 Å². The molecule has 0 atom stereocenters. The lowest BCUT2D eigenvalue weighted by Crippen LogP contribution is -2.26. The third kappa shape index (κ3) is 5.07. The fraction of sp³-hybridized carbons (Fsp3) is 0.235. The van der Waals surface area contributed by atoms with Gasteiger partial charge in [-0.25, -0.2) is 4.79 Å². The summed E-state index contributed by atoms with van der Waals surface area (Å²) in [7, 11) is 1.63. The average Bonchev–Trinajstić information content (AvgIpc) is 2.55. The summed E-state index contributed by atoms with van der Waals surface area (Å²) in [4.78, 5) is 11.6. The van der Waals surface area contributed by atoms with E-state index in [1.54, 1.807) is 7.11 Å². The summed E-state index contributed by atoms with van der Waals surface area (Å²) in [5.41, 5.74) is 2.05. The zero-order chi connectivity index (χ0) is 15.8. The average molecular weight is 364 g/mol. The van der Waals surface area contributed by atoms with Crippen LogP contribution in [0, 0.1) is 0 Å². The van der Waals surface area contributed by atoms with Crippen molar-refractivity contribution in [2.45, 2.75) is 13.0 Å². The van der Waals surface area contributed by atoms with Crippen molar-refractivity contribution in [3.8, 4) is 5.75 Å². The first-order valence-electron chi connectivity index (χ1n) is 6.96. The highest BCUT2D eigenvalue weighted by Crippen LogP contribution is 2.25. The number of methoxy groups -OCH3 is 1. The van der Waals surface area contributed by atoms with Gasteiger partial charge in [0, 0.05) is 6.54 Å². The van der Waals surface area contributed by atoms with Crippen molar-refractivity contribution in [1.82, 2.24) is 5.32 Å². The van der Waals surface area contributed by atoms with Crippen molar-refractivity contribution in [1.29, 1.82) is 0 Å². The molecule has 116 valence electrons. The molecule has 1 N–H and O–H groups in total. The van der Waals surface area contributed by atoms with Crippen LogP contribution < -0.4 is 10.1 Å². The molecule has 0 spiro atoms. The predicted octanol–water partition coefficient (Wildman–Crippen LogP) is 3.93. The smallest absolute Gasteiger partial charge is 0.407 e. The Morgan fingerprint density at radius 2 is 1.91 bits per heavy atom. The molecule has 2 aromatic rings. The van der Waals surface area contributed by atoms with E-state index in [0.717, 1.165) is 21.3 Å². The lowest BCUT2D eigenvalue weighted by molar-refractivity contribution is 0.140. The highest BCUT2D eigenvalue weighted by molar-refractivity contribution is 9.10. The number of benzene rings is 2. The Balaban J connectivity index is 1.73. The fourth-order valence-corrected chi connectivity index (χ4v) is 2.35. The molecule has 0 unspecified atom stereocenters. The van der Waals surface area contributed by atoms with E-state index in [2.05, 4.69) is 21.2 Å². The fourth-order valence-electron chi connectivity index (χ4n) is 1.94. The molecule has 0 bridgehead atoms. The van der Waals surface area contributed by atoms with E-state index >= 15 is 0 Å². The summed E-state index contributed by atoms with van der Waals surface area (Å²) < 4.78 is 11.3. The third-order valence-corrected chi connectivity index (χ3v) is 3.77. The van der Waals surface area contributed by atoms with Gasteiger partial charge < -0.3 is 14.8 Å². The Kier molecular flexibility index (Phi) is 6.27. The van der Waals surface area contributed by atoms with Crippen molar-refractivity contribution in [2.75, 3.05) is 13.7 Å². The molecule has 1 amide bonds. The second-order valence-corrected chi connectivity index (χ2v) is 5.56. The van der Waals surface area contributed by atoms with Crippen LogP contribution in [0.1, 0.15) is 11.1 Å². The second-order valence-electron chi connectivity index (χ2n) is 4.71. The van der Waals surface area contributed by atoms with E-state index in [0.29, 0.717) is 13.0 Å². The van der Waals surface area contributed by atoms with Crippen LogP contribution in [0.25, 0.3) is 0 Å². The topological polar surface area (TPSA) is 47.6 Å². The van der Waals surface area contributed by atoms with E-state index in [4.69, 9.17) is 9.47 Å². The number of rotatable bonds is 6. The number of nitrogens with one attached hydrogen (secondary N) is 1. The van der Waals surface area contributed by atoms with Crippen LogP contribution in [-0.4, -0.2) is 19.7 Å². The summed E-state index contributed by atoms with van der Waals surface area (Å²) in [6, 6.07) is 15.5. The largest absolute Gasteiger partial charge is 0.496 e. The normalized spacial score (nSPS) is 10.1. The van der Waals surface area contributed by atoms with Crippen LogP contribution >= 0.6 is 15.9 Å². The van der Waals surface area contributed by atoms with Gasteiger partial charge in [-0.05, 0) is 45.6 Å². The van der Waals surface area contributed by atoms with E-state index < -0.39 is 6.09 Å². The maximum absolute atomic E-state index is 11.6. The van der Waals surface area contributed by atoms with Crippen LogP contribution in [0.15, 0.2) is 53.0 Å². The van der Waals surface area contributed by atoms with Gasteiger partial charge in [-0.15, -0.1) is 0 Å². The zero-order valence-corrected chi connectivity index (χ0v) is 13.9. The number of alkyl carbamates (subject to hydrolysis) is 1. The second kappa shape index (κ2) is 8.44. The van der Waals surface area contributed by atoms with Gasteiger partial charge in [0.1, 0.15) is 12.4 Å². The summed E-state index contributed by atoms with van der Waals surface area (Å²) in [6.07, 6.45) is 0.303.